The summed E-state index contributed by atoms with van der Waals surface area (Å²) in [5.41, 5.74) is -3.02. The van der Waals surface area contributed by atoms with Crippen molar-refractivity contribution in [1.29, 1.82) is 0 Å². The quantitative estimate of drug-likeness (QED) is 0.496. The zero-order valence-corrected chi connectivity index (χ0v) is 16.9. The molecule has 2 heterocycles. The second-order valence-electron chi connectivity index (χ2n) is 7.12. The van der Waals surface area contributed by atoms with Crippen LogP contribution < -0.4 is 5.32 Å². The maximum atomic E-state index is 13.6. The summed E-state index contributed by atoms with van der Waals surface area (Å²) in [6.07, 6.45) is -3.46. The SMILES string of the molecule is O=C(NC(c1ccnc(Cl)c1)C1(O)CCC(F)CC1)c1nccc(C(F)(F)F)c1Cl. The molecule has 0 aliphatic heterocycles. The number of alkyl halides is 4. The van der Waals surface area contributed by atoms with Gasteiger partial charge in [-0.3, -0.25) is 4.79 Å². The Morgan fingerprint density at radius 1 is 1.20 bits per heavy atom. The van der Waals surface area contributed by atoms with Crippen LogP contribution in [0.4, 0.5) is 17.6 Å². The Balaban J connectivity index is 1.97. The summed E-state index contributed by atoms with van der Waals surface area (Å²) in [6, 6.07) is 2.48. The van der Waals surface area contributed by atoms with Gasteiger partial charge in [-0.25, -0.2) is 14.4 Å². The molecule has 2 aromatic heterocycles. The van der Waals surface area contributed by atoms with Crippen LogP contribution in [-0.2, 0) is 6.18 Å². The first-order chi connectivity index (χ1) is 14.0. The van der Waals surface area contributed by atoms with Gasteiger partial charge in [-0.05, 0) is 49.4 Å². The highest BCUT2D eigenvalue weighted by Crippen LogP contribution is 2.40. The average Bonchev–Trinajstić information content (AvgIpc) is 2.67. The highest BCUT2D eigenvalue weighted by atomic mass is 35.5. The van der Waals surface area contributed by atoms with Crippen molar-refractivity contribution in [2.75, 3.05) is 0 Å². The Labute approximate surface area is 179 Å². The topological polar surface area (TPSA) is 75.1 Å². The molecular formula is C19H17Cl2F4N3O2. The van der Waals surface area contributed by atoms with Gasteiger partial charge >= 0.3 is 6.18 Å². The van der Waals surface area contributed by atoms with E-state index in [0.29, 0.717) is 11.6 Å². The van der Waals surface area contributed by atoms with E-state index >= 15 is 0 Å². The van der Waals surface area contributed by atoms with Crippen LogP contribution >= 0.6 is 23.2 Å². The number of nitrogens with one attached hydrogen (secondary N) is 1. The normalized spacial score (nSPS) is 23.1. The minimum absolute atomic E-state index is 0.0306. The van der Waals surface area contributed by atoms with Crippen LogP contribution in [0.5, 0.6) is 0 Å². The highest BCUT2D eigenvalue weighted by Gasteiger charge is 2.43. The monoisotopic (exact) mass is 465 g/mol. The summed E-state index contributed by atoms with van der Waals surface area (Å²) in [5.74, 6) is -1.01. The van der Waals surface area contributed by atoms with Gasteiger partial charge in [-0.15, -0.1) is 0 Å². The molecule has 30 heavy (non-hydrogen) atoms. The van der Waals surface area contributed by atoms with Crippen LogP contribution in [0.3, 0.4) is 0 Å². The molecule has 1 fully saturated rings. The molecule has 1 aliphatic rings. The molecule has 3 rings (SSSR count). The minimum atomic E-state index is -4.77. The predicted octanol–water partition coefficient (Wildman–Crippen LogP) is 4.92. The smallest absolute Gasteiger partial charge is 0.387 e. The van der Waals surface area contributed by atoms with Gasteiger partial charge in [-0.2, -0.15) is 13.2 Å². The fourth-order valence-electron chi connectivity index (χ4n) is 3.52. The summed E-state index contributed by atoms with van der Waals surface area (Å²) < 4.78 is 53.0. The number of amides is 1. The number of hydrogen-bond donors (Lipinski definition) is 2. The van der Waals surface area contributed by atoms with E-state index in [1.165, 1.54) is 18.3 Å². The largest absolute Gasteiger partial charge is 0.417 e. The first kappa shape index (κ1) is 22.7. The molecule has 0 bridgehead atoms. The van der Waals surface area contributed by atoms with E-state index in [-0.39, 0.29) is 30.8 Å². The van der Waals surface area contributed by atoms with Crippen LogP contribution in [0.15, 0.2) is 30.6 Å². The highest BCUT2D eigenvalue weighted by molar-refractivity contribution is 6.34. The van der Waals surface area contributed by atoms with Crippen molar-refractivity contribution in [1.82, 2.24) is 15.3 Å². The standard InChI is InChI=1S/C19H17Cl2F4N3O2/c20-13-9-10(3-7-26-13)16(18(30)5-1-11(22)2-6-18)28-17(29)15-14(21)12(4-8-27-15)19(23,24)25/h3-4,7-9,11,16,30H,1-2,5-6H2,(H,28,29). The van der Waals surface area contributed by atoms with E-state index in [9.17, 15) is 27.5 Å². The first-order valence-corrected chi connectivity index (χ1v) is 9.77. The molecule has 2 N–H and O–H groups in total. The Morgan fingerprint density at radius 2 is 1.83 bits per heavy atom. The lowest BCUT2D eigenvalue weighted by molar-refractivity contribution is -0.137. The van der Waals surface area contributed by atoms with E-state index in [2.05, 4.69) is 15.3 Å². The second kappa shape index (κ2) is 8.64. The number of pyridine rings is 2. The molecule has 2 aromatic rings. The van der Waals surface area contributed by atoms with Crippen molar-refractivity contribution >= 4 is 29.1 Å². The molecule has 0 aromatic carbocycles. The molecule has 0 radical (unpaired) electrons. The number of hydrogen-bond acceptors (Lipinski definition) is 4. The predicted molar refractivity (Wildman–Crippen MR) is 102 cm³/mol. The Bertz CT molecular complexity index is 934. The van der Waals surface area contributed by atoms with Crippen molar-refractivity contribution in [3.8, 4) is 0 Å². The Kier molecular flexibility index (Phi) is 6.54. The maximum Gasteiger partial charge on any atom is 0.417 e. The van der Waals surface area contributed by atoms with Crippen LogP contribution in [0.1, 0.15) is 53.3 Å². The molecule has 1 amide bonds. The number of nitrogens with zero attached hydrogens (tertiary/aromatic N) is 2. The van der Waals surface area contributed by atoms with Gasteiger partial charge in [-0.1, -0.05) is 23.2 Å². The van der Waals surface area contributed by atoms with Crippen LogP contribution in [0.25, 0.3) is 0 Å². The van der Waals surface area contributed by atoms with Gasteiger partial charge in [0.1, 0.15) is 17.0 Å². The number of carbonyl (C=O) groups is 1. The lowest BCUT2D eigenvalue weighted by Gasteiger charge is -2.40. The third-order valence-corrected chi connectivity index (χ3v) is 5.68. The number of carbonyl (C=O) groups excluding carboxylic acids is 1. The number of aliphatic hydroxyl groups is 1. The molecule has 1 aliphatic carbocycles. The van der Waals surface area contributed by atoms with Crippen LogP contribution in [-0.4, -0.2) is 32.8 Å². The van der Waals surface area contributed by atoms with Crippen molar-refractivity contribution in [2.24, 2.45) is 0 Å². The van der Waals surface area contributed by atoms with Crippen molar-refractivity contribution < 1.29 is 27.5 Å². The number of halogens is 6. The Morgan fingerprint density at radius 3 is 2.43 bits per heavy atom. The maximum absolute atomic E-state index is 13.6. The van der Waals surface area contributed by atoms with E-state index in [1.807, 2.05) is 0 Å². The summed E-state index contributed by atoms with van der Waals surface area (Å²) in [4.78, 5) is 20.3. The zero-order chi connectivity index (χ0) is 22.1. The molecule has 0 saturated heterocycles. The molecule has 1 atom stereocenters. The summed E-state index contributed by atoms with van der Waals surface area (Å²) >= 11 is 11.7. The first-order valence-electron chi connectivity index (χ1n) is 9.02. The van der Waals surface area contributed by atoms with Gasteiger partial charge in [0.15, 0.2) is 0 Å². The van der Waals surface area contributed by atoms with E-state index in [1.54, 1.807) is 0 Å². The van der Waals surface area contributed by atoms with Crippen molar-refractivity contribution in [3.63, 3.8) is 0 Å². The average molecular weight is 466 g/mol. The zero-order valence-electron chi connectivity index (χ0n) is 15.4. The third-order valence-electron chi connectivity index (χ3n) is 5.09. The molecule has 1 unspecified atom stereocenters. The van der Waals surface area contributed by atoms with E-state index in [0.717, 1.165) is 6.20 Å². The van der Waals surface area contributed by atoms with Gasteiger partial charge < -0.3 is 10.4 Å². The molecule has 1 saturated carbocycles. The molecular weight excluding hydrogens is 449 g/mol. The lowest BCUT2D eigenvalue weighted by atomic mass is 9.76. The van der Waals surface area contributed by atoms with Gasteiger partial charge in [0.2, 0.25) is 0 Å². The van der Waals surface area contributed by atoms with E-state index < -0.39 is 46.2 Å². The van der Waals surface area contributed by atoms with Crippen molar-refractivity contribution in [3.05, 3.63) is 57.6 Å². The molecule has 162 valence electrons. The number of rotatable bonds is 4. The summed E-state index contributed by atoms with van der Waals surface area (Å²) in [6.45, 7) is 0. The Hall–Kier alpha value is -1.97. The van der Waals surface area contributed by atoms with Crippen molar-refractivity contribution in [2.45, 2.75) is 49.7 Å². The summed E-state index contributed by atoms with van der Waals surface area (Å²) in [7, 11) is 0. The van der Waals surface area contributed by atoms with Crippen LogP contribution in [0, 0.1) is 0 Å². The van der Waals surface area contributed by atoms with E-state index in [4.69, 9.17) is 23.2 Å². The minimum Gasteiger partial charge on any atom is -0.387 e. The van der Waals surface area contributed by atoms with Gasteiger partial charge in [0, 0.05) is 12.4 Å². The molecule has 5 nitrogen and oxygen atoms in total. The lowest BCUT2D eigenvalue weighted by Crippen LogP contribution is -2.48. The fraction of sp³-hybridized carbons (Fsp3) is 0.421. The number of aromatic nitrogens is 2. The summed E-state index contributed by atoms with van der Waals surface area (Å²) in [5, 5.41) is 12.9. The fourth-order valence-corrected chi connectivity index (χ4v) is 4.00. The van der Waals surface area contributed by atoms with Crippen LogP contribution in [0.2, 0.25) is 10.2 Å². The van der Waals surface area contributed by atoms with Gasteiger partial charge in [0.05, 0.1) is 22.2 Å². The van der Waals surface area contributed by atoms with Gasteiger partial charge in [0.25, 0.3) is 5.91 Å². The molecule has 0 spiro atoms. The molecule has 11 heteroatoms. The second-order valence-corrected chi connectivity index (χ2v) is 7.88. The third kappa shape index (κ3) is 4.84.